The number of rotatable bonds is 1. The summed E-state index contributed by atoms with van der Waals surface area (Å²) in [7, 11) is 0. The lowest BCUT2D eigenvalue weighted by Gasteiger charge is -2.08. The van der Waals surface area contributed by atoms with Crippen molar-refractivity contribution < 1.29 is 0 Å². The number of likely N-dealkylation sites (tertiary alicyclic amines) is 1. The van der Waals surface area contributed by atoms with Crippen molar-refractivity contribution in [3.63, 3.8) is 0 Å². The van der Waals surface area contributed by atoms with Gasteiger partial charge >= 0.3 is 0 Å². The van der Waals surface area contributed by atoms with Crippen LogP contribution < -0.4 is 6.15 Å². The molecule has 0 bridgehead atoms. The molecule has 2 heteroatoms. The van der Waals surface area contributed by atoms with E-state index in [0.29, 0.717) is 0 Å². The second kappa shape index (κ2) is 3.87. The molecule has 3 N–H and O–H groups in total. The van der Waals surface area contributed by atoms with Crippen LogP contribution in [0.1, 0.15) is 19.8 Å². The predicted octanol–water partition coefficient (Wildman–Crippen LogP) is 1.26. The van der Waals surface area contributed by atoms with Gasteiger partial charge in [0.25, 0.3) is 0 Å². The minimum atomic E-state index is 0. The van der Waals surface area contributed by atoms with E-state index in [2.05, 4.69) is 11.8 Å². The lowest BCUT2D eigenvalue weighted by atomic mass is 10.4. The van der Waals surface area contributed by atoms with Gasteiger partial charge in [0, 0.05) is 0 Å². The van der Waals surface area contributed by atoms with Gasteiger partial charge in [-0.25, -0.2) is 0 Å². The van der Waals surface area contributed by atoms with E-state index >= 15 is 0 Å². The zero-order valence-electron chi connectivity index (χ0n) is 5.69. The van der Waals surface area contributed by atoms with Gasteiger partial charge in [0.2, 0.25) is 0 Å². The van der Waals surface area contributed by atoms with Gasteiger partial charge < -0.3 is 11.1 Å². The summed E-state index contributed by atoms with van der Waals surface area (Å²) in [6.45, 7) is 6.16. The molecule has 0 aromatic carbocycles. The summed E-state index contributed by atoms with van der Waals surface area (Å²) in [6, 6.07) is 0. The molecule has 1 fully saturated rings. The Kier molecular flexibility index (Phi) is 3.83. The fourth-order valence-electron chi connectivity index (χ4n) is 1.10. The van der Waals surface area contributed by atoms with Crippen LogP contribution in [-0.2, 0) is 0 Å². The molecule has 50 valence electrons. The van der Waals surface area contributed by atoms with Crippen LogP contribution in [0.4, 0.5) is 0 Å². The lowest BCUT2D eigenvalue weighted by molar-refractivity contribution is 0.359. The molecule has 1 aliphatic heterocycles. The third kappa shape index (κ3) is 1.80. The fraction of sp³-hybridized carbons (Fsp3) is 1.00. The first-order valence-corrected chi connectivity index (χ1v) is 3.16. The summed E-state index contributed by atoms with van der Waals surface area (Å²) in [5, 5.41) is 0. The van der Waals surface area contributed by atoms with Gasteiger partial charge in [0.05, 0.1) is 0 Å². The van der Waals surface area contributed by atoms with Gasteiger partial charge in [-0.05, 0) is 32.5 Å². The highest BCUT2D eigenvalue weighted by molar-refractivity contribution is 4.62. The van der Waals surface area contributed by atoms with E-state index < -0.39 is 0 Å². The van der Waals surface area contributed by atoms with Crippen LogP contribution in [0.5, 0.6) is 0 Å². The maximum absolute atomic E-state index is 2.49. The quantitative estimate of drug-likeness (QED) is 0.560. The monoisotopic (exact) mass is 116 g/mol. The molecule has 2 nitrogen and oxygen atoms in total. The van der Waals surface area contributed by atoms with E-state index in [0.717, 1.165) is 0 Å². The first-order chi connectivity index (χ1) is 3.43. The summed E-state index contributed by atoms with van der Waals surface area (Å²) in [5.41, 5.74) is 0. The average molecular weight is 116 g/mol. The maximum atomic E-state index is 2.49. The molecule has 0 saturated carbocycles. The zero-order chi connectivity index (χ0) is 5.11. The minimum absolute atomic E-state index is 0. The molecule has 1 aliphatic rings. The summed E-state index contributed by atoms with van der Waals surface area (Å²) in [5.74, 6) is 0. The molecule has 0 aromatic heterocycles. The topological polar surface area (TPSA) is 38.2 Å². The molecule has 0 atom stereocenters. The van der Waals surface area contributed by atoms with E-state index in [9.17, 15) is 0 Å². The molecule has 0 radical (unpaired) electrons. The van der Waals surface area contributed by atoms with Crippen molar-refractivity contribution in [1.29, 1.82) is 0 Å². The lowest BCUT2D eigenvalue weighted by Crippen LogP contribution is -2.17. The Balaban J connectivity index is 0.000000490. The molecule has 0 unspecified atom stereocenters. The number of hydrogen-bond acceptors (Lipinski definition) is 2. The molecular weight excluding hydrogens is 100 g/mol. The normalized spacial score (nSPS) is 20.6. The molecule has 8 heavy (non-hydrogen) atoms. The van der Waals surface area contributed by atoms with Crippen LogP contribution in [-0.4, -0.2) is 24.5 Å². The van der Waals surface area contributed by atoms with Crippen molar-refractivity contribution >= 4 is 0 Å². The summed E-state index contributed by atoms with van der Waals surface area (Å²) in [4.78, 5) is 2.49. The highest BCUT2D eigenvalue weighted by Gasteiger charge is 2.06. The largest absolute Gasteiger partial charge is 0.344 e. The smallest absolute Gasteiger partial charge is 0.00184 e. The number of hydrogen-bond donors (Lipinski definition) is 1. The zero-order valence-corrected chi connectivity index (χ0v) is 5.69. The summed E-state index contributed by atoms with van der Waals surface area (Å²) in [6.07, 6.45) is 2.85. The van der Waals surface area contributed by atoms with Crippen molar-refractivity contribution in [2.75, 3.05) is 19.6 Å². The SMILES string of the molecule is CCN1CCCC1.N. The second-order valence-electron chi connectivity index (χ2n) is 2.14. The Morgan fingerprint density at radius 1 is 1.25 bits per heavy atom. The van der Waals surface area contributed by atoms with E-state index in [1.165, 1.54) is 32.5 Å². The van der Waals surface area contributed by atoms with Gasteiger partial charge in [-0.3, -0.25) is 0 Å². The Morgan fingerprint density at radius 2 is 1.75 bits per heavy atom. The molecule has 1 saturated heterocycles. The summed E-state index contributed by atoms with van der Waals surface area (Å²) >= 11 is 0. The van der Waals surface area contributed by atoms with Crippen molar-refractivity contribution in [3.05, 3.63) is 0 Å². The summed E-state index contributed by atoms with van der Waals surface area (Å²) < 4.78 is 0. The molecule has 0 amide bonds. The van der Waals surface area contributed by atoms with Crippen LogP contribution >= 0.6 is 0 Å². The van der Waals surface area contributed by atoms with Crippen LogP contribution in [0.3, 0.4) is 0 Å². The van der Waals surface area contributed by atoms with E-state index in [1.807, 2.05) is 0 Å². The van der Waals surface area contributed by atoms with Crippen molar-refractivity contribution in [3.8, 4) is 0 Å². The first kappa shape index (κ1) is 7.92. The van der Waals surface area contributed by atoms with Gasteiger partial charge in [-0.1, -0.05) is 6.92 Å². The molecule has 0 aliphatic carbocycles. The first-order valence-electron chi connectivity index (χ1n) is 3.16. The molecular formula is C6H16N2. The third-order valence-corrected chi connectivity index (χ3v) is 1.65. The van der Waals surface area contributed by atoms with Gasteiger partial charge in [-0.15, -0.1) is 0 Å². The molecule has 1 heterocycles. The van der Waals surface area contributed by atoms with Crippen molar-refractivity contribution in [1.82, 2.24) is 11.1 Å². The Labute approximate surface area is 51.5 Å². The van der Waals surface area contributed by atoms with E-state index in [-0.39, 0.29) is 6.15 Å². The van der Waals surface area contributed by atoms with Gasteiger partial charge in [0.1, 0.15) is 0 Å². The maximum Gasteiger partial charge on any atom is -0.00184 e. The van der Waals surface area contributed by atoms with E-state index in [4.69, 9.17) is 0 Å². The van der Waals surface area contributed by atoms with Crippen molar-refractivity contribution in [2.45, 2.75) is 19.8 Å². The Morgan fingerprint density at radius 3 is 2.00 bits per heavy atom. The van der Waals surface area contributed by atoms with Crippen LogP contribution in [0, 0.1) is 0 Å². The van der Waals surface area contributed by atoms with Gasteiger partial charge in [0.15, 0.2) is 0 Å². The standard InChI is InChI=1S/C6H13N.H3N/c1-2-7-5-3-4-6-7;/h2-6H2,1H3;1H3. The highest BCUT2D eigenvalue weighted by Crippen LogP contribution is 2.04. The van der Waals surface area contributed by atoms with E-state index in [1.54, 1.807) is 0 Å². The number of nitrogens with zero attached hydrogens (tertiary/aromatic N) is 1. The Bertz CT molecular complexity index is 48.5. The highest BCUT2D eigenvalue weighted by atomic mass is 15.1. The second-order valence-corrected chi connectivity index (χ2v) is 2.14. The predicted molar refractivity (Wildman–Crippen MR) is 36.4 cm³/mol. The molecule has 1 rings (SSSR count). The third-order valence-electron chi connectivity index (χ3n) is 1.65. The van der Waals surface area contributed by atoms with Crippen LogP contribution in [0.15, 0.2) is 0 Å². The molecule has 0 aromatic rings. The van der Waals surface area contributed by atoms with Gasteiger partial charge in [-0.2, -0.15) is 0 Å². The van der Waals surface area contributed by atoms with Crippen LogP contribution in [0.25, 0.3) is 0 Å². The Hall–Kier alpha value is -0.0800. The minimum Gasteiger partial charge on any atom is -0.344 e. The average Bonchev–Trinajstić information content (AvgIpc) is 2.14. The molecule has 0 spiro atoms. The fourth-order valence-corrected chi connectivity index (χ4v) is 1.10. The van der Waals surface area contributed by atoms with Crippen LogP contribution in [0.2, 0.25) is 0 Å². The van der Waals surface area contributed by atoms with Crippen molar-refractivity contribution in [2.24, 2.45) is 0 Å².